The lowest BCUT2D eigenvalue weighted by atomic mass is 10.1. The van der Waals surface area contributed by atoms with Gasteiger partial charge in [0.1, 0.15) is 5.75 Å². The lowest BCUT2D eigenvalue weighted by Gasteiger charge is -2.26. The van der Waals surface area contributed by atoms with Crippen LogP contribution in [0.4, 0.5) is 5.69 Å². The van der Waals surface area contributed by atoms with Gasteiger partial charge in [0.15, 0.2) is 6.61 Å². The lowest BCUT2D eigenvalue weighted by molar-refractivity contribution is -0.120. The maximum Gasteiger partial charge on any atom is 0.264 e. The van der Waals surface area contributed by atoms with Crippen molar-refractivity contribution in [2.75, 3.05) is 25.2 Å². The van der Waals surface area contributed by atoms with Gasteiger partial charge in [-0.05, 0) is 24.1 Å². The number of anilines is 1. The second-order valence-corrected chi connectivity index (χ2v) is 4.19. The van der Waals surface area contributed by atoms with Crippen molar-refractivity contribution in [3.05, 3.63) is 23.8 Å². The van der Waals surface area contributed by atoms with Gasteiger partial charge in [-0.1, -0.05) is 6.07 Å². The number of hydrogen-bond acceptors (Lipinski definition) is 4. The minimum Gasteiger partial charge on any atom is -0.482 e. The smallest absolute Gasteiger partial charge is 0.264 e. The van der Waals surface area contributed by atoms with Gasteiger partial charge >= 0.3 is 0 Å². The molecule has 1 aromatic rings. The van der Waals surface area contributed by atoms with Crippen molar-refractivity contribution in [3.8, 4) is 5.75 Å². The molecule has 5 nitrogen and oxygen atoms in total. The summed E-state index contributed by atoms with van der Waals surface area (Å²) >= 11 is 0. The Morgan fingerprint density at radius 2 is 2.35 bits per heavy atom. The molecule has 0 bridgehead atoms. The van der Waals surface area contributed by atoms with Crippen molar-refractivity contribution in [1.82, 2.24) is 0 Å². The van der Waals surface area contributed by atoms with Gasteiger partial charge in [-0.25, -0.2) is 0 Å². The highest BCUT2D eigenvalue weighted by Gasteiger charge is 2.22. The van der Waals surface area contributed by atoms with Crippen LogP contribution in [0.25, 0.3) is 0 Å². The van der Waals surface area contributed by atoms with Crippen LogP contribution in [-0.2, 0) is 11.2 Å². The zero-order chi connectivity index (χ0) is 12.4. The molecule has 1 heterocycles. The molecule has 5 heteroatoms. The first-order valence-corrected chi connectivity index (χ1v) is 5.50. The van der Waals surface area contributed by atoms with Gasteiger partial charge in [-0.3, -0.25) is 4.79 Å². The Hall–Kier alpha value is -1.59. The Morgan fingerprint density at radius 3 is 3.06 bits per heavy atom. The molecule has 0 saturated heterocycles. The minimum absolute atomic E-state index is 0.0532. The molecule has 92 valence electrons. The van der Waals surface area contributed by atoms with Gasteiger partial charge in [0.05, 0.1) is 12.3 Å². The van der Waals surface area contributed by atoms with E-state index in [9.17, 15) is 4.79 Å². The van der Waals surface area contributed by atoms with E-state index in [2.05, 4.69) is 0 Å². The average Bonchev–Trinajstić information content (AvgIpc) is 2.34. The van der Waals surface area contributed by atoms with E-state index in [1.807, 2.05) is 18.2 Å². The van der Waals surface area contributed by atoms with Crippen molar-refractivity contribution in [2.24, 2.45) is 5.73 Å². The van der Waals surface area contributed by atoms with Crippen LogP contribution in [0.1, 0.15) is 5.56 Å². The van der Waals surface area contributed by atoms with Crippen LogP contribution in [0.15, 0.2) is 18.2 Å². The van der Waals surface area contributed by atoms with E-state index in [0.29, 0.717) is 12.2 Å². The number of carbonyl (C=O) groups is 1. The van der Waals surface area contributed by atoms with Crippen molar-refractivity contribution in [2.45, 2.75) is 12.5 Å². The maximum absolute atomic E-state index is 11.5. The Balaban J connectivity index is 2.26. The molecule has 1 aliphatic rings. The first kappa shape index (κ1) is 11.9. The number of carbonyl (C=O) groups excluding carboxylic acids is 1. The number of hydrogen-bond donors (Lipinski definition) is 2. The molecular weight excluding hydrogens is 220 g/mol. The molecule has 0 spiro atoms. The van der Waals surface area contributed by atoms with Crippen LogP contribution in [0.2, 0.25) is 0 Å². The van der Waals surface area contributed by atoms with Crippen molar-refractivity contribution in [1.29, 1.82) is 0 Å². The second kappa shape index (κ2) is 4.73. The molecular formula is C12H16N2O3. The fourth-order valence-corrected chi connectivity index (χ4v) is 1.81. The van der Waals surface area contributed by atoms with Crippen LogP contribution in [0.3, 0.4) is 0 Å². The SMILES string of the molecule is CN1C(=O)COc2ccc(CC(N)CO)cc21. The van der Waals surface area contributed by atoms with Gasteiger partial charge in [0.2, 0.25) is 0 Å². The van der Waals surface area contributed by atoms with Gasteiger partial charge < -0.3 is 20.5 Å². The summed E-state index contributed by atoms with van der Waals surface area (Å²) in [7, 11) is 1.72. The zero-order valence-corrected chi connectivity index (χ0v) is 9.72. The van der Waals surface area contributed by atoms with E-state index in [4.69, 9.17) is 15.6 Å². The van der Waals surface area contributed by atoms with Crippen molar-refractivity contribution < 1.29 is 14.6 Å². The van der Waals surface area contributed by atoms with E-state index in [1.165, 1.54) is 0 Å². The van der Waals surface area contributed by atoms with Crippen LogP contribution < -0.4 is 15.4 Å². The van der Waals surface area contributed by atoms with E-state index >= 15 is 0 Å². The fraction of sp³-hybridized carbons (Fsp3) is 0.417. The molecule has 0 saturated carbocycles. The van der Waals surface area contributed by atoms with E-state index in [1.54, 1.807) is 11.9 Å². The van der Waals surface area contributed by atoms with Crippen LogP contribution >= 0.6 is 0 Å². The van der Waals surface area contributed by atoms with E-state index < -0.39 is 0 Å². The molecule has 1 atom stereocenters. The molecule has 0 aliphatic carbocycles. The van der Waals surface area contributed by atoms with Crippen LogP contribution in [0, 0.1) is 0 Å². The predicted octanol–water partition coefficient (Wildman–Crippen LogP) is -0.0961. The molecule has 1 unspecified atom stereocenters. The summed E-state index contributed by atoms with van der Waals surface area (Å²) in [4.78, 5) is 13.1. The largest absolute Gasteiger partial charge is 0.482 e. The Bertz CT molecular complexity index is 434. The Kier molecular flexibility index (Phi) is 3.31. The van der Waals surface area contributed by atoms with Crippen LogP contribution in [-0.4, -0.2) is 37.3 Å². The number of rotatable bonds is 3. The fourth-order valence-electron chi connectivity index (χ4n) is 1.81. The van der Waals surface area contributed by atoms with E-state index in [-0.39, 0.29) is 25.2 Å². The van der Waals surface area contributed by atoms with Crippen molar-refractivity contribution in [3.63, 3.8) is 0 Å². The molecule has 0 radical (unpaired) electrons. The molecule has 0 aromatic heterocycles. The highest BCUT2D eigenvalue weighted by atomic mass is 16.5. The lowest BCUT2D eigenvalue weighted by Crippen LogP contribution is -2.35. The summed E-state index contributed by atoms with van der Waals surface area (Å²) in [6.07, 6.45) is 0.575. The standard InChI is InChI=1S/C12H16N2O3/c1-14-10-5-8(4-9(13)6-15)2-3-11(10)17-7-12(14)16/h2-3,5,9,15H,4,6-7,13H2,1H3. The molecule has 0 fully saturated rings. The first-order valence-electron chi connectivity index (χ1n) is 5.50. The van der Waals surface area contributed by atoms with Crippen LogP contribution in [0.5, 0.6) is 5.75 Å². The average molecular weight is 236 g/mol. The summed E-state index contributed by atoms with van der Waals surface area (Å²) in [5, 5.41) is 8.91. The molecule has 2 rings (SSSR count). The molecule has 1 aliphatic heterocycles. The molecule has 3 N–H and O–H groups in total. The highest BCUT2D eigenvalue weighted by molar-refractivity contribution is 5.97. The predicted molar refractivity (Wildman–Crippen MR) is 64.1 cm³/mol. The summed E-state index contributed by atoms with van der Waals surface area (Å²) in [6.45, 7) is 0.0291. The minimum atomic E-state index is -0.279. The summed E-state index contributed by atoms with van der Waals surface area (Å²) < 4.78 is 5.32. The number of likely N-dealkylation sites (N-methyl/N-ethyl adjacent to an activating group) is 1. The quantitative estimate of drug-likeness (QED) is 0.768. The molecule has 1 aromatic carbocycles. The number of ether oxygens (including phenoxy) is 1. The number of aliphatic hydroxyl groups excluding tert-OH is 1. The first-order chi connectivity index (χ1) is 8.11. The number of aliphatic hydroxyl groups is 1. The van der Waals surface area contributed by atoms with Gasteiger partial charge in [-0.2, -0.15) is 0 Å². The van der Waals surface area contributed by atoms with E-state index in [0.717, 1.165) is 11.3 Å². The van der Waals surface area contributed by atoms with Gasteiger partial charge in [0.25, 0.3) is 5.91 Å². The normalized spacial score (nSPS) is 16.4. The number of nitrogens with zero attached hydrogens (tertiary/aromatic N) is 1. The topological polar surface area (TPSA) is 75.8 Å². The third kappa shape index (κ3) is 2.40. The van der Waals surface area contributed by atoms with Gasteiger partial charge in [0, 0.05) is 13.1 Å². The Labute approximate surface area is 99.8 Å². The second-order valence-electron chi connectivity index (χ2n) is 4.19. The number of fused-ring (bicyclic) bond motifs is 1. The maximum atomic E-state index is 11.5. The molecule has 1 amide bonds. The highest BCUT2D eigenvalue weighted by Crippen LogP contribution is 2.32. The summed E-state index contributed by atoms with van der Waals surface area (Å²) in [6, 6.07) is 5.33. The summed E-state index contributed by atoms with van der Waals surface area (Å²) in [5.74, 6) is 0.634. The number of nitrogens with two attached hydrogens (primary N) is 1. The van der Waals surface area contributed by atoms with Crippen molar-refractivity contribution >= 4 is 11.6 Å². The molecule has 17 heavy (non-hydrogen) atoms. The third-order valence-electron chi connectivity index (χ3n) is 2.84. The third-order valence-corrected chi connectivity index (χ3v) is 2.84. The number of amides is 1. The zero-order valence-electron chi connectivity index (χ0n) is 9.72. The number of benzene rings is 1. The monoisotopic (exact) mass is 236 g/mol. The summed E-state index contributed by atoms with van der Waals surface area (Å²) in [5.41, 5.74) is 7.42. The van der Waals surface area contributed by atoms with Gasteiger partial charge in [-0.15, -0.1) is 0 Å². The Morgan fingerprint density at radius 1 is 1.59 bits per heavy atom.